The Bertz CT molecular complexity index is 2760. The summed E-state index contributed by atoms with van der Waals surface area (Å²) in [5, 5.41) is 0. The first-order valence-electron chi connectivity index (χ1n) is 21.2. The third kappa shape index (κ3) is 7.49. The maximum Gasteiger partial charge on any atom is 0.118 e. The molecule has 0 aromatic heterocycles. The Kier molecular flexibility index (Phi) is 10.9. The molecule has 5 heteroatoms. The van der Waals surface area contributed by atoms with Gasteiger partial charge in [0.2, 0.25) is 0 Å². The second-order valence-electron chi connectivity index (χ2n) is 15.8. The number of fused-ring (bicyclic) bond motifs is 2. The van der Waals surface area contributed by atoms with Gasteiger partial charge in [0.1, 0.15) is 23.0 Å². The number of hydrogen-bond acceptors (Lipinski definition) is 5. The zero-order valence-electron chi connectivity index (χ0n) is 35.7. The summed E-state index contributed by atoms with van der Waals surface area (Å²) in [6.07, 6.45) is 0. The highest BCUT2D eigenvalue weighted by molar-refractivity contribution is 7.99. The molecule has 0 saturated heterocycles. The molecule has 2 aliphatic rings. The van der Waals surface area contributed by atoms with E-state index in [4.69, 9.17) is 18.9 Å². The van der Waals surface area contributed by atoms with Crippen LogP contribution in [0.3, 0.4) is 0 Å². The van der Waals surface area contributed by atoms with Crippen LogP contribution in [0.2, 0.25) is 0 Å². The second-order valence-corrected chi connectivity index (χ2v) is 16.9. The van der Waals surface area contributed by atoms with Gasteiger partial charge in [-0.15, -0.1) is 0 Å². The zero-order valence-corrected chi connectivity index (χ0v) is 36.5. The van der Waals surface area contributed by atoms with Crippen molar-refractivity contribution in [3.63, 3.8) is 0 Å². The molecule has 2 unspecified atom stereocenters. The van der Waals surface area contributed by atoms with Crippen molar-refractivity contribution in [1.29, 1.82) is 0 Å². The number of allylic oxidation sites excluding steroid dienone is 2. The molecule has 0 fully saturated rings. The molecule has 10 rings (SSSR count). The monoisotopic (exact) mass is 838 g/mol. The lowest BCUT2D eigenvalue weighted by Gasteiger charge is -2.20. The van der Waals surface area contributed by atoms with Gasteiger partial charge >= 0.3 is 0 Å². The van der Waals surface area contributed by atoms with Gasteiger partial charge in [-0.2, -0.15) is 0 Å². The molecular weight excluding hydrogens is 793 g/mol. The van der Waals surface area contributed by atoms with Gasteiger partial charge in [0.05, 0.1) is 28.4 Å². The predicted molar refractivity (Wildman–Crippen MR) is 257 cm³/mol. The summed E-state index contributed by atoms with van der Waals surface area (Å²) >= 11 is 1.79. The normalized spacial score (nSPS) is 15.2. The van der Waals surface area contributed by atoms with Crippen molar-refractivity contribution in [2.45, 2.75) is 21.6 Å². The summed E-state index contributed by atoms with van der Waals surface area (Å²) in [6.45, 7) is 0. The van der Waals surface area contributed by atoms with E-state index in [0.717, 1.165) is 34.1 Å². The van der Waals surface area contributed by atoms with Gasteiger partial charge < -0.3 is 18.9 Å². The fraction of sp³-hybridized carbons (Fsp3) is 0.103. The number of rotatable bonds is 12. The highest BCUT2D eigenvalue weighted by Gasteiger charge is 2.35. The van der Waals surface area contributed by atoms with Crippen LogP contribution in [0.25, 0.3) is 22.3 Å². The summed E-state index contributed by atoms with van der Waals surface area (Å²) in [4.78, 5) is 2.38. The third-order valence-corrected chi connectivity index (χ3v) is 13.4. The van der Waals surface area contributed by atoms with Crippen molar-refractivity contribution >= 4 is 34.1 Å². The van der Waals surface area contributed by atoms with E-state index < -0.39 is 0 Å². The summed E-state index contributed by atoms with van der Waals surface area (Å²) in [6, 6.07) is 69.8. The Balaban J connectivity index is 0.983. The van der Waals surface area contributed by atoms with Crippen molar-refractivity contribution in [1.82, 2.24) is 0 Å². The quantitative estimate of drug-likeness (QED) is 0.123. The largest absolute Gasteiger partial charge is 0.497 e. The van der Waals surface area contributed by atoms with Gasteiger partial charge in [-0.25, -0.2) is 0 Å². The first-order valence-corrected chi connectivity index (χ1v) is 22.0. The van der Waals surface area contributed by atoms with E-state index in [0.29, 0.717) is 0 Å². The number of hydrogen-bond donors (Lipinski definition) is 0. The lowest BCUT2D eigenvalue weighted by atomic mass is 9.84. The summed E-state index contributed by atoms with van der Waals surface area (Å²) in [7, 11) is 6.85. The lowest BCUT2D eigenvalue weighted by Crippen LogP contribution is -2.02. The van der Waals surface area contributed by atoms with Crippen LogP contribution in [0.5, 0.6) is 23.0 Å². The van der Waals surface area contributed by atoms with Gasteiger partial charge in [0.25, 0.3) is 0 Å². The van der Waals surface area contributed by atoms with E-state index in [9.17, 15) is 0 Å². The minimum atomic E-state index is 0.0510. The van der Waals surface area contributed by atoms with Crippen LogP contribution in [0.1, 0.15) is 67.5 Å². The molecule has 8 aromatic carbocycles. The molecule has 4 nitrogen and oxygen atoms in total. The fourth-order valence-corrected chi connectivity index (χ4v) is 10.2. The molecule has 8 aromatic rings. The molecule has 0 amide bonds. The third-order valence-electron chi connectivity index (χ3n) is 12.4. The van der Waals surface area contributed by atoms with E-state index in [-0.39, 0.29) is 11.8 Å². The minimum absolute atomic E-state index is 0.0510. The van der Waals surface area contributed by atoms with Gasteiger partial charge in [-0.3, -0.25) is 0 Å². The molecule has 0 saturated carbocycles. The minimum Gasteiger partial charge on any atom is -0.497 e. The Labute approximate surface area is 374 Å². The van der Waals surface area contributed by atoms with Gasteiger partial charge in [-0.05, 0) is 151 Å². The van der Waals surface area contributed by atoms with Crippen LogP contribution in [0, 0.1) is 0 Å². The van der Waals surface area contributed by atoms with Crippen molar-refractivity contribution < 1.29 is 18.9 Å². The number of methoxy groups -OCH3 is 4. The number of benzene rings is 8. The van der Waals surface area contributed by atoms with Gasteiger partial charge in [0.15, 0.2) is 0 Å². The highest BCUT2D eigenvalue weighted by atomic mass is 32.2. The standard InChI is InChI=1S/C58H46O4S/c1-59-43-25-13-37(14-26-43)53-49-9-5-7-11-51(49)55(57(53)41-17-29-45(61-3)30-18-41)39-21-33-47(34-22-39)63-48-35-23-40(24-36-48)56-52-12-8-6-10-50(52)54(38-15-27-44(60-2)28-16-38)58(56)42-19-31-46(62-4)32-20-42/h5-36,55-56H,1-4H3. The Hall–Kier alpha value is -7.21. The molecular formula is C58H46O4S. The molecule has 2 aliphatic carbocycles. The van der Waals surface area contributed by atoms with Crippen molar-refractivity contribution in [2.75, 3.05) is 28.4 Å². The SMILES string of the molecule is COc1ccc(C2=C(c3ccc(OC)cc3)C(c3ccc(Sc4ccc(C5C(c6ccc(OC)cc6)=C(c6ccc(OC)cc6)c6ccccc65)cc4)cc3)c3ccccc32)cc1. The Morgan fingerprint density at radius 3 is 0.937 bits per heavy atom. The molecule has 0 radical (unpaired) electrons. The molecule has 0 bridgehead atoms. The highest BCUT2D eigenvalue weighted by Crippen LogP contribution is 2.54. The predicted octanol–water partition coefficient (Wildman–Crippen LogP) is 14.1. The second kappa shape index (κ2) is 17.3. The maximum atomic E-state index is 5.57. The molecule has 2 atom stereocenters. The summed E-state index contributed by atoms with van der Waals surface area (Å²) in [5.41, 5.74) is 17.3. The first kappa shape index (κ1) is 39.9. The van der Waals surface area contributed by atoms with Crippen LogP contribution >= 0.6 is 11.8 Å². The average molecular weight is 839 g/mol. The first-order chi connectivity index (χ1) is 31.0. The van der Waals surface area contributed by atoms with Crippen LogP contribution in [0.4, 0.5) is 0 Å². The smallest absolute Gasteiger partial charge is 0.118 e. The molecule has 308 valence electrons. The van der Waals surface area contributed by atoms with Crippen LogP contribution in [0.15, 0.2) is 204 Å². The topological polar surface area (TPSA) is 36.9 Å². The van der Waals surface area contributed by atoms with Crippen molar-refractivity contribution in [3.05, 3.63) is 250 Å². The van der Waals surface area contributed by atoms with Crippen molar-refractivity contribution in [2.24, 2.45) is 0 Å². The lowest BCUT2D eigenvalue weighted by molar-refractivity contribution is 0.414. The van der Waals surface area contributed by atoms with Gasteiger partial charge in [-0.1, -0.05) is 133 Å². The van der Waals surface area contributed by atoms with E-state index >= 15 is 0 Å². The van der Waals surface area contributed by atoms with E-state index in [1.807, 2.05) is 24.3 Å². The van der Waals surface area contributed by atoms with Crippen LogP contribution in [-0.4, -0.2) is 28.4 Å². The van der Waals surface area contributed by atoms with Crippen LogP contribution < -0.4 is 18.9 Å². The van der Waals surface area contributed by atoms with E-state index in [1.54, 1.807) is 40.2 Å². The van der Waals surface area contributed by atoms with Crippen LogP contribution in [-0.2, 0) is 0 Å². The number of ether oxygens (including phenoxy) is 4. The zero-order chi connectivity index (χ0) is 42.9. The van der Waals surface area contributed by atoms with E-state index in [1.165, 1.54) is 76.6 Å². The molecule has 0 N–H and O–H groups in total. The molecule has 0 spiro atoms. The maximum absolute atomic E-state index is 5.57. The average Bonchev–Trinajstić information content (AvgIpc) is 3.88. The fourth-order valence-electron chi connectivity index (χ4n) is 9.43. The Morgan fingerprint density at radius 2 is 0.619 bits per heavy atom. The van der Waals surface area contributed by atoms with Gasteiger partial charge in [0, 0.05) is 21.6 Å². The van der Waals surface area contributed by atoms with Crippen molar-refractivity contribution in [3.8, 4) is 23.0 Å². The summed E-state index contributed by atoms with van der Waals surface area (Å²) in [5.74, 6) is 3.47. The summed E-state index contributed by atoms with van der Waals surface area (Å²) < 4.78 is 22.2. The molecule has 0 heterocycles. The molecule has 63 heavy (non-hydrogen) atoms. The Morgan fingerprint density at radius 1 is 0.317 bits per heavy atom. The van der Waals surface area contributed by atoms with E-state index in [2.05, 4.69) is 170 Å². The molecule has 0 aliphatic heterocycles.